The maximum atomic E-state index is 5.09. The Morgan fingerprint density at radius 3 is 3.09 bits per heavy atom. The van der Waals surface area contributed by atoms with Gasteiger partial charge in [-0.3, -0.25) is 0 Å². The molecule has 0 spiro atoms. The maximum Gasteiger partial charge on any atom is 0.228 e. The Balaban J connectivity index is 1.56. The van der Waals surface area contributed by atoms with Gasteiger partial charge >= 0.3 is 0 Å². The van der Waals surface area contributed by atoms with Crippen LogP contribution in [0, 0.1) is 12.8 Å². The van der Waals surface area contributed by atoms with Crippen LogP contribution in [-0.4, -0.2) is 39.7 Å². The van der Waals surface area contributed by atoms with Crippen molar-refractivity contribution in [3.8, 4) is 0 Å². The summed E-state index contributed by atoms with van der Waals surface area (Å²) in [6.45, 7) is 6.95. The second-order valence-electron chi connectivity index (χ2n) is 5.87. The quantitative estimate of drug-likeness (QED) is 0.905. The number of nitrogens with zero attached hydrogens (tertiary/aromatic N) is 5. The van der Waals surface area contributed by atoms with E-state index < -0.39 is 0 Å². The standard InChI is InChI=1S/C15H22N6O/c1-11-4-3-7-21(9-11)14-8-13(17-10-18-14)16-6-5-15-19-12(2)20-22-15/h8,10-11H,3-7,9H2,1-2H3,(H,16,17,18). The average Bonchev–Trinajstić information content (AvgIpc) is 2.93. The third kappa shape index (κ3) is 3.72. The van der Waals surface area contributed by atoms with E-state index in [0.29, 0.717) is 24.7 Å². The number of rotatable bonds is 5. The van der Waals surface area contributed by atoms with Crippen LogP contribution < -0.4 is 10.2 Å². The minimum absolute atomic E-state index is 0.643. The molecule has 1 atom stereocenters. The summed E-state index contributed by atoms with van der Waals surface area (Å²) in [5.41, 5.74) is 0. The second-order valence-corrected chi connectivity index (χ2v) is 5.87. The fourth-order valence-electron chi connectivity index (χ4n) is 2.75. The molecule has 1 aliphatic rings. The van der Waals surface area contributed by atoms with E-state index in [9.17, 15) is 0 Å². The highest BCUT2D eigenvalue weighted by Crippen LogP contribution is 2.22. The summed E-state index contributed by atoms with van der Waals surface area (Å²) in [7, 11) is 0. The molecule has 1 saturated heterocycles. The highest BCUT2D eigenvalue weighted by atomic mass is 16.5. The van der Waals surface area contributed by atoms with E-state index >= 15 is 0 Å². The normalized spacial score (nSPS) is 18.5. The van der Waals surface area contributed by atoms with Crippen molar-refractivity contribution in [3.05, 3.63) is 24.1 Å². The zero-order valence-corrected chi connectivity index (χ0v) is 13.1. The maximum absolute atomic E-state index is 5.09. The van der Waals surface area contributed by atoms with Gasteiger partial charge in [-0.1, -0.05) is 12.1 Å². The largest absolute Gasteiger partial charge is 0.369 e. The number of piperidine rings is 1. The van der Waals surface area contributed by atoms with Crippen LogP contribution in [0.15, 0.2) is 16.9 Å². The highest BCUT2D eigenvalue weighted by molar-refractivity contribution is 5.48. The smallest absolute Gasteiger partial charge is 0.228 e. The van der Waals surface area contributed by atoms with Crippen molar-refractivity contribution in [3.63, 3.8) is 0 Å². The summed E-state index contributed by atoms with van der Waals surface area (Å²) in [4.78, 5) is 15.2. The zero-order valence-electron chi connectivity index (χ0n) is 13.1. The first-order chi connectivity index (χ1) is 10.7. The summed E-state index contributed by atoms with van der Waals surface area (Å²) >= 11 is 0. The Morgan fingerprint density at radius 1 is 1.41 bits per heavy atom. The van der Waals surface area contributed by atoms with E-state index in [4.69, 9.17) is 4.52 Å². The van der Waals surface area contributed by atoms with E-state index in [-0.39, 0.29) is 0 Å². The third-order valence-corrected chi connectivity index (χ3v) is 3.85. The van der Waals surface area contributed by atoms with Crippen LogP contribution in [0.2, 0.25) is 0 Å². The lowest BCUT2D eigenvalue weighted by molar-refractivity contribution is 0.377. The SMILES string of the molecule is Cc1noc(CCNc2cc(N3CCCC(C)C3)ncn2)n1. The molecule has 7 heteroatoms. The first kappa shape index (κ1) is 14.7. The fourth-order valence-corrected chi connectivity index (χ4v) is 2.75. The highest BCUT2D eigenvalue weighted by Gasteiger charge is 2.17. The van der Waals surface area contributed by atoms with Crippen LogP contribution in [-0.2, 0) is 6.42 Å². The van der Waals surface area contributed by atoms with Crippen molar-refractivity contribution in [2.24, 2.45) is 5.92 Å². The van der Waals surface area contributed by atoms with Crippen molar-refractivity contribution in [1.29, 1.82) is 0 Å². The molecule has 0 aliphatic carbocycles. The van der Waals surface area contributed by atoms with Crippen molar-refractivity contribution >= 4 is 11.6 Å². The van der Waals surface area contributed by atoms with Gasteiger partial charge in [0.25, 0.3) is 0 Å². The molecule has 0 bridgehead atoms. The van der Waals surface area contributed by atoms with Gasteiger partial charge in [-0.05, 0) is 25.7 Å². The van der Waals surface area contributed by atoms with Gasteiger partial charge < -0.3 is 14.7 Å². The van der Waals surface area contributed by atoms with Crippen LogP contribution in [0.3, 0.4) is 0 Å². The molecule has 2 aromatic rings. The summed E-state index contributed by atoms with van der Waals surface area (Å²) in [6.07, 6.45) is 4.83. The zero-order chi connectivity index (χ0) is 15.4. The molecule has 1 fully saturated rings. The number of aromatic nitrogens is 4. The van der Waals surface area contributed by atoms with Crippen LogP contribution in [0.4, 0.5) is 11.6 Å². The van der Waals surface area contributed by atoms with Gasteiger partial charge in [0.2, 0.25) is 5.89 Å². The van der Waals surface area contributed by atoms with Crippen LogP contribution in [0.1, 0.15) is 31.5 Å². The summed E-state index contributed by atoms with van der Waals surface area (Å²) in [5.74, 6) is 3.86. The van der Waals surface area contributed by atoms with E-state index in [1.165, 1.54) is 12.8 Å². The number of aryl methyl sites for hydroxylation is 1. The Morgan fingerprint density at radius 2 is 2.32 bits per heavy atom. The summed E-state index contributed by atoms with van der Waals surface area (Å²) in [6, 6.07) is 2.01. The van der Waals surface area contributed by atoms with E-state index in [1.54, 1.807) is 6.33 Å². The molecule has 1 N–H and O–H groups in total. The minimum Gasteiger partial charge on any atom is -0.369 e. The third-order valence-electron chi connectivity index (χ3n) is 3.85. The molecule has 3 rings (SSSR count). The number of nitrogens with one attached hydrogen (secondary N) is 1. The van der Waals surface area contributed by atoms with Crippen LogP contribution >= 0.6 is 0 Å². The first-order valence-corrected chi connectivity index (χ1v) is 7.81. The number of anilines is 2. The van der Waals surface area contributed by atoms with Crippen molar-refractivity contribution in [1.82, 2.24) is 20.1 Å². The minimum atomic E-state index is 0.643. The molecule has 7 nitrogen and oxygen atoms in total. The van der Waals surface area contributed by atoms with Gasteiger partial charge in [0.05, 0.1) is 0 Å². The monoisotopic (exact) mass is 302 g/mol. The van der Waals surface area contributed by atoms with Gasteiger partial charge in [0, 0.05) is 32.1 Å². The first-order valence-electron chi connectivity index (χ1n) is 7.81. The van der Waals surface area contributed by atoms with Gasteiger partial charge in [-0.25, -0.2) is 9.97 Å². The van der Waals surface area contributed by atoms with Gasteiger partial charge in [-0.15, -0.1) is 0 Å². The number of hydrogen-bond acceptors (Lipinski definition) is 7. The molecule has 2 aromatic heterocycles. The lowest BCUT2D eigenvalue weighted by Gasteiger charge is -2.31. The van der Waals surface area contributed by atoms with Crippen LogP contribution in [0.25, 0.3) is 0 Å². The Labute approximate surface area is 130 Å². The van der Waals surface area contributed by atoms with E-state index in [1.807, 2.05) is 13.0 Å². The Hall–Kier alpha value is -2.18. The molecule has 1 unspecified atom stereocenters. The van der Waals surface area contributed by atoms with Gasteiger partial charge in [0.1, 0.15) is 18.0 Å². The molecule has 1 aliphatic heterocycles. The lowest BCUT2D eigenvalue weighted by Crippen LogP contribution is -2.34. The Bertz CT molecular complexity index is 614. The van der Waals surface area contributed by atoms with E-state index in [0.717, 1.165) is 30.6 Å². The molecule has 22 heavy (non-hydrogen) atoms. The summed E-state index contributed by atoms with van der Waals surface area (Å²) in [5, 5.41) is 7.07. The van der Waals surface area contributed by atoms with Crippen molar-refractivity contribution in [2.75, 3.05) is 29.9 Å². The average molecular weight is 302 g/mol. The molecular formula is C15H22N6O. The predicted octanol–water partition coefficient (Wildman–Crippen LogP) is 2.06. The molecule has 0 aromatic carbocycles. The molecule has 118 valence electrons. The predicted molar refractivity (Wildman–Crippen MR) is 83.9 cm³/mol. The van der Waals surface area contributed by atoms with Gasteiger partial charge in [-0.2, -0.15) is 4.98 Å². The lowest BCUT2D eigenvalue weighted by atomic mass is 10.0. The summed E-state index contributed by atoms with van der Waals surface area (Å²) < 4.78 is 5.09. The second kappa shape index (κ2) is 6.72. The van der Waals surface area contributed by atoms with Crippen LogP contribution in [0.5, 0.6) is 0 Å². The molecular weight excluding hydrogens is 280 g/mol. The Kier molecular flexibility index (Phi) is 4.50. The van der Waals surface area contributed by atoms with E-state index in [2.05, 4.69) is 37.2 Å². The van der Waals surface area contributed by atoms with Gasteiger partial charge in [0.15, 0.2) is 5.82 Å². The molecule has 0 radical (unpaired) electrons. The van der Waals surface area contributed by atoms with Crippen molar-refractivity contribution < 1.29 is 4.52 Å². The topological polar surface area (TPSA) is 80.0 Å². The molecule has 3 heterocycles. The van der Waals surface area contributed by atoms with Crippen molar-refractivity contribution in [2.45, 2.75) is 33.1 Å². The molecule has 0 saturated carbocycles. The fraction of sp³-hybridized carbons (Fsp3) is 0.600. The molecule has 0 amide bonds. The number of hydrogen-bond donors (Lipinski definition) is 1.